The first kappa shape index (κ1) is 36.0. The molecule has 0 bridgehead atoms. The number of carbonyl (C=O) groups is 4. The van der Waals surface area contributed by atoms with E-state index in [0.717, 1.165) is 38.0 Å². The lowest BCUT2D eigenvalue weighted by Crippen LogP contribution is -2.61. The van der Waals surface area contributed by atoms with Crippen molar-refractivity contribution in [3.63, 3.8) is 0 Å². The van der Waals surface area contributed by atoms with Crippen LogP contribution < -0.4 is 27.4 Å². The molecule has 1 saturated carbocycles. The minimum Gasteiger partial charge on any atom is -0.388 e. The summed E-state index contributed by atoms with van der Waals surface area (Å²) in [6.07, 6.45) is 5.76. The van der Waals surface area contributed by atoms with Crippen LogP contribution >= 0.6 is 0 Å². The van der Waals surface area contributed by atoms with Crippen LogP contribution in [-0.4, -0.2) is 59.0 Å². The van der Waals surface area contributed by atoms with E-state index >= 15 is 0 Å². The standard InChI is InChI=1S/C20H37N5O5.C4H10.C2H6/c1-12(26)23-14(9-10-21)18(28)24-15(11-13-7-5-4-6-8-13)19(29)25-16(17(22)27)20(2,3)30;1-4(2)3;1-2/h13-16,30H,4-11,21H2,1-3H3,(H2,22,27)(H,23,26)(H,24,28)(H,25,29);4H,1-3H3;1-2H3. The van der Waals surface area contributed by atoms with Crippen molar-refractivity contribution in [2.24, 2.45) is 23.3 Å². The summed E-state index contributed by atoms with van der Waals surface area (Å²) in [6, 6.07) is -3.11. The quantitative estimate of drug-likeness (QED) is 0.244. The Kier molecular flexibility index (Phi) is 19.0. The molecule has 4 amide bonds. The molecule has 0 radical (unpaired) electrons. The second-order valence-corrected chi connectivity index (χ2v) is 10.4. The zero-order valence-electron chi connectivity index (χ0n) is 23.8. The second kappa shape index (κ2) is 19.0. The summed E-state index contributed by atoms with van der Waals surface area (Å²) in [5.74, 6) is -1.30. The number of aliphatic hydroxyl groups is 1. The average Bonchev–Trinajstić information content (AvgIpc) is 2.77. The second-order valence-electron chi connectivity index (χ2n) is 10.4. The molecule has 10 nitrogen and oxygen atoms in total. The maximum atomic E-state index is 13.0. The van der Waals surface area contributed by atoms with Crippen molar-refractivity contribution < 1.29 is 24.3 Å². The van der Waals surface area contributed by atoms with Crippen LogP contribution in [-0.2, 0) is 19.2 Å². The summed E-state index contributed by atoms with van der Waals surface area (Å²) in [4.78, 5) is 48.8. The summed E-state index contributed by atoms with van der Waals surface area (Å²) >= 11 is 0. The third-order valence-electron chi connectivity index (χ3n) is 5.35. The SMILES string of the molecule is CC.CC(=O)NC(CCN)C(=O)NC(CC1CCCCC1)C(=O)NC(C(N)=O)C(C)(C)O.CC(C)C. The van der Waals surface area contributed by atoms with Crippen molar-refractivity contribution in [1.29, 1.82) is 0 Å². The van der Waals surface area contributed by atoms with Crippen molar-refractivity contribution in [2.45, 2.75) is 124 Å². The Morgan fingerprint density at radius 3 is 1.78 bits per heavy atom. The van der Waals surface area contributed by atoms with Gasteiger partial charge in [0.1, 0.15) is 18.1 Å². The predicted octanol–water partition coefficient (Wildman–Crippen LogP) is 1.72. The lowest BCUT2D eigenvalue weighted by molar-refractivity contribution is -0.136. The van der Waals surface area contributed by atoms with E-state index in [2.05, 4.69) is 36.7 Å². The molecule has 0 aliphatic heterocycles. The number of hydrogen-bond acceptors (Lipinski definition) is 6. The van der Waals surface area contributed by atoms with Gasteiger partial charge < -0.3 is 32.5 Å². The Balaban J connectivity index is 0. The Morgan fingerprint density at radius 1 is 0.917 bits per heavy atom. The fraction of sp³-hybridized carbons (Fsp3) is 0.846. The van der Waals surface area contributed by atoms with Gasteiger partial charge in [-0.3, -0.25) is 19.2 Å². The number of primary amides is 1. The van der Waals surface area contributed by atoms with Gasteiger partial charge in [0.2, 0.25) is 23.6 Å². The Morgan fingerprint density at radius 2 is 1.39 bits per heavy atom. The normalized spacial score (nSPS) is 16.2. The molecule has 36 heavy (non-hydrogen) atoms. The van der Waals surface area contributed by atoms with Crippen molar-refractivity contribution in [3.05, 3.63) is 0 Å². The monoisotopic (exact) mass is 515 g/mol. The fourth-order valence-electron chi connectivity index (χ4n) is 3.78. The van der Waals surface area contributed by atoms with Gasteiger partial charge >= 0.3 is 0 Å². The van der Waals surface area contributed by atoms with Crippen LogP contribution in [0.5, 0.6) is 0 Å². The van der Waals surface area contributed by atoms with Crippen LogP contribution in [0.3, 0.4) is 0 Å². The van der Waals surface area contributed by atoms with Crippen LogP contribution in [0.4, 0.5) is 0 Å². The van der Waals surface area contributed by atoms with Crippen molar-refractivity contribution in [3.8, 4) is 0 Å². The Hall–Kier alpha value is -2.20. The number of rotatable bonds is 11. The summed E-state index contributed by atoms with van der Waals surface area (Å²) in [5.41, 5.74) is 9.31. The van der Waals surface area contributed by atoms with Gasteiger partial charge in [-0.15, -0.1) is 0 Å². The molecule has 10 heteroatoms. The van der Waals surface area contributed by atoms with E-state index in [4.69, 9.17) is 11.5 Å². The molecular weight excluding hydrogens is 462 g/mol. The number of nitrogens with two attached hydrogens (primary N) is 2. The third kappa shape index (κ3) is 16.5. The zero-order valence-corrected chi connectivity index (χ0v) is 23.8. The molecule has 1 aliphatic rings. The van der Waals surface area contributed by atoms with Crippen LogP contribution in [0.15, 0.2) is 0 Å². The highest BCUT2D eigenvalue weighted by molar-refractivity contribution is 5.94. The highest BCUT2D eigenvalue weighted by Crippen LogP contribution is 2.27. The van der Waals surface area contributed by atoms with Gasteiger partial charge in [-0.2, -0.15) is 0 Å². The molecule has 1 rings (SSSR count). The molecule has 3 unspecified atom stereocenters. The molecule has 212 valence electrons. The molecule has 0 saturated heterocycles. The minimum absolute atomic E-state index is 0.181. The fourth-order valence-corrected chi connectivity index (χ4v) is 3.78. The molecule has 1 fully saturated rings. The van der Waals surface area contributed by atoms with E-state index < -0.39 is 41.4 Å². The van der Waals surface area contributed by atoms with E-state index in [1.165, 1.54) is 20.8 Å². The number of amides is 4. The maximum absolute atomic E-state index is 13.0. The molecular formula is C26H53N5O5. The van der Waals surface area contributed by atoms with Crippen molar-refractivity contribution >= 4 is 23.6 Å². The van der Waals surface area contributed by atoms with Crippen molar-refractivity contribution in [2.75, 3.05) is 6.54 Å². The summed E-state index contributed by atoms with van der Waals surface area (Å²) < 4.78 is 0. The predicted molar refractivity (Wildman–Crippen MR) is 144 cm³/mol. The summed E-state index contributed by atoms with van der Waals surface area (Å²) in [5, 5.41) is 17.9. The first-order valence-electron chi connectivity index (χ1n) is 13.3. The highest BCUT2D eigenvalue weighted by atomic mass is 16.3. The van der Waals surface area contributed by atoms with Gasteiger partial charge in [0.05, 0.1) is 5.60 Å². The average molecular weight is 516 g/mol. The van der Waals surface area contributed by atoms with Crippen molar-refractivity contribution in [1.82, 2.24) is 16.0 Å². The largest absolute Gasteiger partial charge is 0.388 e. The molecule has 0 heterocycles. The summed E-state index contributed by atoms with van der Waals surface area (Å²) in [7, 11) is 0. The number of carbonyl (C=O) groups excluding carboxylic acids is 4. The topological polar surface area (TPSA) is 177 Å². The Labute approximate surface area is 218 Å². The van der Waals surface area contributed by atoms with Gasteiger partial charge in [-0.05, 0) is 45.1 Å². The van der Waals surface area contributed by atoms with E-state index in [0.29, 0.717) is 6.42 Å². The van der Waals surface area contributed by atoms with E-state index in [1.807, 2.05) is 13.8 Å². The van der Waals surface area contributed by atoms with Gasteiger partial charge in [0.15, 0.2) is 0 Å². The molecule has 3 atom stereocenters. The smallest absolute Gasteiger partial charge is 0.243 e. The molecule has 8 N–H and O–H groups in total. The number of hydrogen-bond donors (Lipinski definition) is 6. The highest BCUT2D eigenvalue weighted by Gasteiger charge is 2.36. The lowest BCUT2D eigenvalue weighted by Gasteiger charge is -2.31. The lowest BCUT2D eigenvalue weighted by atomic mass is 9.84. The molecule has 0 aromatic rings. The van der Waals surface area contributed by atoms with E-state index in [9.17, 15) is 24.3 Å². The molecule has 0 aromatic heterocycles. The molecule has 0 spiro atoms. The Bertz CT molecular complexity index is 655. The third-order valence-corrected chi connectivity index (χ3v) is 5.35. The van der Waals surface area contributed by atoms with Gasteiger partial charge in [-0.25, -0.2) is 0 Å². The number of nitrogens with one attached hydrogen (secondary N) is 3. The first-order valence-corrected chi connectivity index (χ1v) is 13.3. The molecule has 1 aliphatic carbocycles. The van der Waals surface area contributed by atoms with Crippen LogP contribution in [0, 0.1) is 11.8 Å². The zero-order chi connectivity index (χ0) is 28.5. The first-order chi connectivity index (χ1) is 16.7. The summed E-state index contributed by atoms with van der Waals surface area (Å²) in [6.45, 7) is 14.7. The molecule has 0 aromatic carbocycles. The van der Waals surface area contributed by atoms with Crippen LogP contribution in [0.25, 0.3) is 0 Å². The van der Waals surface area contributed by atoms with Crippen LogP contribution in [0.1, 0.15) is 100 Å². The van der Waals surface area contributed by atoms with E-state index in [-0.39, 0.29) is 24.8 Å². The van der Waals surface area contributed by atoms with Gasteiger partial charge in [0, 0.05) is 6.92 Å². The minimum atomic E-state index is -1.57. The van der Waals surface area contributed by atoms with E-state index in [1.54, 1.807) is 0 Å². The maximum Gasteiger partial charge on any atom is 0.243 e. The van der Waals surface area contributed by atoms with Crippen LogP contribution in [0.2, 0.25) is 0 Å². The van der Waals surface area contributed by atoms with Gasteiger partial charge in [0.25, 0.3) is 0 Å². The van der Waals surface area contributed by atoms with Gasteiger partial charge in [-0.1, -0.05) is 66.7 Å².